The number of carbonyl (C=O) groups is 1. The van der Waals surface area contributed by atoms with Gasteiger partial charge in [0.15, 0.2) is 0 Å². The fraction of sp³-hybridized carbons (Fsp3) is 0.125. The molecule has 3 aromatic carbocycles. The van der Waals surface area contributed by atoms with Gasteiger partial charge in [0, 0.05) is 11.8 Å². The van der Waals surface area contributed by atoms with Gasteiger partial charge < -0.3 is 5.32 Å². The number of benzene rings is 3. The summed E-state index contributed by atoms with van der Waals surface area (Å²) in [6.07, 6.45) is 1.56. The van der Waals surface area contributed by atoms with Crippen LogP contribution in [0.15, 0.2) is 95.9 Å². The van der Waals surface area contributed by atoms with Gasteiger partial charge in [-0.2, -0.15) is 5.10 Å². The monoisotopic (exact) mass is 383 g/mol. The van der Waals surface area contributed by atoms with E-state index in [1.807, 2.05) is 78.9 Å². The van der Waals surface area contributed by atoms with E-state index in [4.69, 9.17) is 0 Å². The predicted octanol–water partition coefficient (Wildman–Crippen LogP) is 3.69. The number of fused-ring (bicyclic) bond motifs is 1. The third-order valence-corrected chi connectivity index (χ3v) is 4.88. The Kier molecular flexibility index (Phi) is 5.47. The van der Waals surface area contributed by atoms with E-state index in [1.54, 1.807) is 10.7 Å². The molecule has 5 heteroatoms. The van der Waals surface area contributed by atoms with Gasteiger partial charge in [-0.3, -0.25) is 14.3 Å². The second-order valence-electron chi connectivity index (χ2n) is 6.82. The molecule has 0 aliphatic heterocycles. The summed E-state index contributed by atoms with van der Waals surface area (Å²) >= 11 is 0. The van der Waals surface area contributed by atoms with Crippen LogP contribution in [0.3, 0.4) is 0 Å². The average molecular weight is 383 g/mol. The van der Waals surface area contributed by atoms with Crippen molar-refractivity contribution in [2.24, 2.45) is 0 Å². The van der Waals surface area contributed by atoms with Crippen molar-refractivity contribution in [3.8, 4) is 0 Å². The Bertz CT molecular complexity index is 1130. The second kappa shape index (κ2) is 8.52. The quantitative estimate of drug-likeness (QED) is 0.552. The molecule has 1 heterocycles. The van der Waals surface area contributed by atoms with Crippen LogP contribution < -0.4 is 10.7 Å². The van der Waals surface area contributed by atoms with E-state index in [0.717, 1.165) is 16.6 Å². The zero-order valence-electron chi connectivity index (χ0n) is 15.9. The van der Waals surface area contributed by atoms with Crippen molar-refractivity contribution in [3.63, 3.8) is 0 Å². The fourth-order valence-electron chi connectivity index (χ4n) is 3.43. The minimum absolute atomic E-state index is 0.0766. The lowest BCUT2D eigenvalue weighted by atomic mass is 9.98. The molecule has 1 N–H and O–H groups in total. The number of carbonyl (C=O) groups excluding carboxylic acids is 1. The highest BCUT2D eigenvalue weighted by molar-refractivity contribution is 5.79. The standard InChI is InChI=1S/C24H21N3O2/c28-22-17-25-27(21-14-8-7-13-20(21)22)16-15-23(29)26-24(18-9-3-1-4-10-18)19-11-5-2-6-12-19/h1-14,17,24H,15-16H2,(H,26,29). The molecule has 0 unspecified atom stereocenters. The van der Waals surface area contributed by atoms with Crippen LogP contribution in [0.1, 0.15) is 23.6 Å². The summed E-state index contributed by atoms with van der Waals surface area (Å²) in [6.45, 7) is 0.392. The summed E-state index contributed by atoms with van der Waals surface area (Å²) in [6, 6.07) is 26.9. The van der Waals surface area contributed by atoms with Crippen molar-refractivity contribution in [2.45, 2.75) is 19.0 Å². The van der Waals surface area contributed by atoms with E-state index in [-0.39, 0.29) is 23.8 Å². The molecular formula is C24H21N3O2. The molecule has 0 fully saturated rings. The van der Waals surface area contributed by atoms with Crippen LogP contribution in [0.4, 0.5) is 0 Å². The number of nitrogens with zero attached hydrogens (tertiary/aromatic N) is 2. The molecule has 29 heavy (non-hydrogen) atoms. The molecule has 4 aromatic rings. The first-order valence-corrected chi connectivity index (χ1v) is 9.56. The zero-order valence-corrected chi connectivity index (χ0v) is 15.9. The summed E-state index contributed by atoms with van der Waals surface area (Å²) in [4.78, 5) is 24.7. The first-order valence-electron chi connectivity index (χ1n) is 9.56. The highest BCUT2D eigenvalue weighted by Gasteiger charge is 2.16. The number of rotatable bonds is 6. The lowest BCUT2D eigenvalue weighted by Gasteiger charge is -2.20. The topological polar surface area (TPSA) is 64.0 Å². The van der Waals surface area contributed by atoms with Crippen LogP contribution in [-0.2, 0) is 11.3 Å². The Morgan fingerprint density at radius 1 is 0.862 bits per heavy atom. The molecule has 0 spiro atoms. The molecule has 0 saturated carbocycles. The minimum atomic E-state index is -0.219. The molecule has 144 valence electrons. The van der Waals surface area contributed by atoms with Crippen molar-refractivity contribution >= 4 is 16.8 Å². The number of para-hydroxylation sites is 1. The Morgan fingerprint density at radius 2 is 1.45 bits per heavy atom. The number of aryl methyl sites for hydroxylation is 1. The largest absolute Gasteiger partial charge is 0.345 e. The minimum Gasteiger partial charge on any atom is -0.345 e. The summed E-state index contributed by atoms with van der Waals surface area (Å²) in [5.41, 5.74) is 2.67. The first kappa shape index (κ1) is 18.6. The maximum atomic E-state index is 12.8. The van der Waals surface area contributed by atoms with Gasteiger partial charge in [-0.1, -0.05) is 72.8 Å². The average Bonchev–Trinajstić information content (AvgIpc) is 2.78. The van der Waals surface area contributed by atoms with Crippen molar-refractivity contribution < 1.29 is 4.79 Å². The molecule has 4 rings (SSSR count). The van der Waals surface area contributed by atoms with Crippen molar-refractivity contribution in [3.05, 3.63) is 112 Å². The van der Waals surface area contributed by atoms with Gasteiger partial charge in [-0.05, 0) is 23.3 Å². The third kappa shape index (κ3) is 4.24. The molecule has 0 aliphatic carbocycles. The van der Waals surface area contributed by atoms with Crippen LogP contribution in [-0.4, -0.2) is 15.7 Å². The zero-order chi connectivity index (χ0) is 20.1. The molecule has 0 radical (unpaired) electrons. The first-order chi connectivity index (χ1) is 14.2. The van der Waals surface area contributed by atoms with Gasteiger partial charge in [0.1, 0.15) is 0 Å². The molecule has 0 bridgehead atoms. The van der Waals surface area contributed by atoms with Crippen molar-refractivity contribution in [1.29, 1.82) is 0 Å². The molecule has 0 atom stereocenters. The van der Waals surface area contributed by atoms with E-state index >= 15 is 0 Å². The van der Waals surface area contributed by atoms with Gasteiger partial charge in [0.2, 0.25) is 11.3 Å². The Labute approximate surface area is 168 Å². The summed E-state index contributed by atoms with van der Waals surface area (Å²) < 4.78 is 1.70. The maximum Gasteiger partial charge on any atom is 0.222 e. The summed E-state index contributed by atoms with van der Waals surface area (Å²) in [5, 5.41) is 7.94. The van der Waals surface area contributed by atoms with Crippen LogP contribution in [0.2, 0.25) is 0 Å². The Balaban J connectivity index is 1.52. The number of hydrogen-bond acceptors (Lipinski definition) is 3. The number of nitrogens with one attached hydrogen (secondary N) is 1. The van der Waals surface area contributed by atoms with Crippen molar-refractivity contribution in [2.75, 3.05) is 0 Å². The van der Waals surface area contributed by atoms with Gasteiger partial charge in [-0.15, -0.1) is 0 Å². The fourth-order valence-corrected chi connectivity index (χ4v) is 3.43. The van der Waals surface area contributed by atoms with E-state index in [9.17, 15) is 9.59 Å². The van der Waals surface area contributed by atoms with Crippen molar-refractivity contribution in [1.82, 2.24) is 15.1 Å². The molecule has 0 saturated heterocycles. The van der Waals surface area contributed by atoms with E-state index in [0.29, 0.717) is 11.9 Å². The highest BCUT2D eigenvalue weighted by Crippen LogP contribution is 2.22. The van der Waals surface area contributed by atoms with E-state index < -0.39 is 0 Å². The normalized spacial score (nSPS) is 10.9. The Hall–Kier alpha value is -3.73. The second-order valence-corrected chi connectivity index (χ2v) is 6.82. The number of hydrogen-bond donors (Lipinski definition) is 1. The van der Waals surface area contributed by atoms with Gasteiger partial charge >= 0.3 is 0 Å². The molecular weight excluding hydrogens is 362 g/mol. The van der Waals surface area contributed by atoms with Crippen LogP contribution in [0, 0.1) is 0 Å². The molecule has 1 amide bonds. The van der Waals surface area contributed by atoms with Crippen LogP contribution in [0.25, 0.3) is 10.9 Å². The lowest BCUT2D eigenvalue weighted by molar-refractivity contribution is -0.121. The third-order valence-electron chi connectivity index (χ3n) is 4.88. The summed E-state index contributed by atoms with van der Waals surface area (Å²) in [5.74, 6) is -0.0766. The SMILES string of the molecule is O=C(CCn1ncc(=O)c2ccccc21)NC(c1ccccc1)c1ccccc1. The number of amides is 1. The van der Waals surface area contributed by atoms with E-state index in [1.165, 1.54) is 6.20 Å². The highest BCUT2D eigenvalue weighted by atomic mass is 16.1. The maximum absolute atomic E-state index is 12.8. The number of aromatic nitrogens is 2. The molecule has 5 nitrogen and oxygen atoms in total. The lowest BCUT2D eigenvalue weighted by Crippen LogP contribution is -2.30. The van der Waals surface area contributed by atoms with Gasteiger partial charge in [0.05, 0.1) is 24.3 Å². The van der Waals surface area contributed by atoms with Gasteiger partial charge in [-0.25, -0.2) is 0 Å². The molecule has 0 aliphatic rings. The van der Waals surface area contributed by atoms with Crippen LogP contribution >= 0.6 is 0 Å². The predicted molar refractivity (Wildman–Crippen MR) is 113 cm³/mol. The van der Waals surface area contributed by atoms with Gasteiger partial charge in [0.25, 0.3) is 0 Å². The Morgan fingerprint density at radius 3 is 2.10 bits per heavy atom. The molecule has 1 aromatic heterocycles. The van der Waals surface area contributed by atoms with Crippen LogP contribution in [0.5, 0.6) is 0 Å². The smallest absolute Gasteiger partial charge is 0.222 e. The summed E-state index contributed by atoms with van der Waals surface area (Å²) in [7, 11) is 0. The van der Waals surface area contributed by atoms with E-state index in [2.05, 4.69) is 10.4 Å².